The molecule has 0 unspecified atom stereocenters. The second-order valence-corrected chi connectivity index (χ2v) is 6.38. The highest BCUT2D eigenvalue weighted by Crippen LogP contribution is 2.12. The van der Waals surface area contributed by atoms with E-state index in [1.807, 2.05) is 49.4 Å². The molecule has 0 saturated heterocycles. The Morgan fingerprint density at radius 3 is 2.72 bits per heavy atom. The normalized spacial score (nSPS) is 10.6. The number of carbonyl (C=O) groups is 1. The highest BCUT2D eigenvalue weighted by Gasteiger charge is 2.09. The lowest BCUT2D eigenvalue weighted by Gasteiger charge is -2.04. The van der Waals surface area contributed by atoms with E-state index in [4.69, 9.17) is 11.6 Å². The fourth-order valence-corrected chi connectivity index (χ4v) is 2.64. The zero-order valence-electron chi connectivity index (χ0n) is 13.9. The molecule has 0 aliphatic carbocycles. The van der Waals surface area contributed by atoms with Crippen LogP contribution in [0.3, 0.4) is 0 Å². The Balaban J connectivity index is 1.52. The molecule has 0 bridgehead atoms. The molecule has 0 atom stereocenters. The van der Waals surface area contributed by atoms with Crippen LogP contribution < -0.4 is 5.32 Å². The average Bonchev–Trinajstić information content (AvgIpc) is 3.02. The van der Waals surface area contributed by atoms with E-state index in [1.165, 1.54) is 5.56 Å². The van der Waals surface area contributed by atoms with Crippen molar-refractivity contribution >= 4 is 17.5 Å². The maximum absolute atomic E-state index is 12.1. The van der Waals surface area contributed by atoms with Crippen LogP contribution in [0.1, 0.15) is 28.3 Å². The number of hydrogen-bond acceptors (Lipinski definition) is 3. The summed E-state index contributed by atoms with van der Waals surface area (Å²) in [6, 6.07) is 15.6. The number of rotatable bonds is 6. The molecule has 0 aliphatic heterocycles. The van der Waals surface area contributed by atoms with Crippen LogP contribution in [0, 0.1) is 6.92 Å². The van der Waals surface area contributed by atoms with Crippen LogP contribution in [0.4, 0.5) is 0 Å². The van der Waals surface area contributed by atoms with Gasteiger partial charge >= 0.3 is 0 Å². The number of amides is 1. The summed E-state index contributed by atoms with van der Waals surface area (Å²) in [5.41, 5.74) is 3.33. The van der Waals surface area contributed by atoms with E-state index in [0.29, 0.717) is 23.8 Å². The fraction of sp³-hybridized carbons (Fsp3) is 0.211. The van der Waals surface area contributed by atoms with Gasteiger partial charge in [-0.25, -0.2) is 4.98 Å². The Labute approximate surface area is 151 Å². The minimum Gasteiger partial charge on any atom is -0.352 e. The molecule has 5 nitrogen and oxygen atoms in total. The van der Waals surface area contributed by atoms with Gasteiger partial charge in [-0.2, -0.15) is 5.10 Å². The van der Waals surface area contributed by atoms with Crippen LogP contribution in [-0.2, 0) is 24.2 Å². The molecule has 6 heteroatoms. The highest BCUT2D eigenvalue weighted by atomic mass is 35.5. The number of halogens is 1. The van der Waals surface area contributed by atoms with Crippen LogP contribution in [0.5, 0.6) is 0 Å². The quantitative estimate of drug-likeness (QED) is 0.714. The number of aromatic amines is 1. The predicted molar refractivity (Wildman–Crippen MR) is 97.4 cm³/mol. The van der Waals surface area contributed by atoms with Gasteiger partial charge in [-0.15, -0.1) is 0 Å². The maximum Gasteiger partial charge on any atom is 0.228 e. The standard InChI is InChI=1S/C19H19ClN4O/c1-13-3-2-4-15(9-13)12-21-19(25)11-18-22-17(23-24-18)10-14-5-7-16(20)8-6-14/h2-9H,10-12H2,1H3,(H,21,25)(H,22,23,24). The topological polar surface area (TPSA) is 70.7 Å². The zero-order chi connectivity index (χ0) is 17.6. The van der Waals surface area contributed by atoms with E-state index in [-0.39, 0.29) is 12.3 Å². The third kappa shape index (κ3) is 5.16. The van der Waals surface area contributed by atoms with Crippen molar-refractivity contribution in [3.63, 3.8) is 0 Å². The molecule has 2 N–H and O–H groups in total. The molecule has 0 fully saturated rings. The van der Waals surface area contributed by atoms with Crippen LogP contribution in [0.15, 0.2) is 48.5 Å². The molecule has 0 radical (unpaired) electrons. The van der Waals surface area contributed by atoms with Gasteiger partial charge in [-0.1, -0.05) is 53.6 Å². The summed E-state index contributed by atoms with van der Waals surface area (Å²) in [6.07, 6.45) is 0.776. The van der Waals surface area contributed by atoms with Gasteiger partial charge in [0.1, 0.15) is 5.82 Å². The summed E-state index contributed by atoms with van der Waals surface area (Å²) in [6.45, 7) is 2.53. The van der Waals surface area contributed by atoms with Gasteiger partial charge in [0, 0.05) is 18.0 Å². The molecule has 0 saturated carbocycles. The van der Waals surface area contributed by atoms with Crippen LogP contribution >= 0.6 is 11.6 Å². The molecule has 128 valence electrons. The summed E-state index contributed by atoms with van der Waals surface area (Å²) >= 11 is 5.88. The number of nitrogens with one attached hydrogen (secondary N) is 2. The van der Waals surface area contributed by atoms with Crippen molar-refractivity contribution in [1.29, 1.82) is 0 Å². The molecule has 25 heavy (non-hydrogen) atoms. The largest absolute Gasteiger partial charge is 0.352 e. The number of H-pyrrole nitrogens is 1. The van der Waals surface area contributed by atoms with E-state index in [0.717, 1.165) is 17.0 Å². The van der Waals surface area contributed by atoms with Crippen molar-refractivity contribution in [2.45, 2.75) is 26.3 Å². The predicted octanol–water partition coefficient (Wildman–Crippen LogP) is 3.22. The third-order valence-corrected chi connectivity index (χ3v) is 4.01. The smallest absolute Gasteiger partial charge is 0.228 e. The Bertz CT molecular complexity index is 858. The second kappa shape index (κ2) is 7.94. The molecule has 3 aromatic rings. The summed E-state index contributed by atoms with van der Waals surface area (Å²) in [4.78, 5) is 16.4. The first-order valence-electron chi connectivity index (χ1n) is 8.05. The van der Waals surface area contributed by atoms with E-state index >= 15 is 0 Å². The lowest BCUT2D eigenvalue weighted by molar-refractivity contribution is -0.120. The van der Waals surface area contributed by atoms with E-state index in [1.54, 1.807) is 0 Å². The monoisotopic (exact) mass is 354 g/mol. The second-order valence-electron chi connectivity index (χ2n) is 5.94. The number of hydrogen-bond donors (Lipinski definition) is 2. The first kappa shape index (κ1) is 17.2. The van der Waals surface area contributed by atoms with Crippen molar-refractivity contribution in [1.82, 2.24) is 20.5 Å². The van der Waals surface area contributed by atoms with Crippen molar-refractivity contribution in [2.24, 2.45) is 0 Å². The van der Waals surface area contributed by atoms with Crippen molar-refractivity contribution in [3.05, 3.63) is 81.9 Å². The van der Waals surface area contributed by atoms with E-state index in [2.05, 4.69) is 26.6 Å². The molecular formula is C19H19ClN4O. The van der Waals surface area contributed by atoms with Crippen LogP contribution in [-0.4, -0.2) is 21.1 Å². The molecule has 2 aromatic carbocycles. The molecular weight excluding hydrogens is 336 g/mol. The summed E-state index contributed by atoms with van der Waals surface area (Å²) in [7, 11) is 0. The zero-order valence-corrected chi connectivity index (χ0v) is 14.7. The molecule has 0 aliphatic rings. The van der Waals surface area contributed by atoms with Gasteiger partial charge in [0.15, 0.2) is 5.82 Å². The van der Waals surface area contributed by atoms with Crippen LogP contribution in [0.2, 0.25) is 5.02 Å². The van der Waals surface area contributed by atoms with Gasteiger partial charge in [0.05, 0.1) is 6.42 Å². The minimum absolute atomic E-state index is 0.0986. The molecule has 3 rings (SSSR count). The van der Waals surface area contributed by atoms with E-state index < -0.39 is 0 Å². The number of aryl methyl sites for hydroxylation is 1. The Hall–Kier alpha value is -2.66. The SMILES string of the molecule is Cc1cccc(CNC(=O)Cc2n[nH]c(Cc3ccc(Cl)cc3)n2)c1. The lowest BCUT2D eigenvalue weighted by Crippen LogP contribution is -2.25. The first-order valence-corrected chi connectivity index (χ1v) is 8.43. The average molecular weight is 355 g/mol. The van der Waals surface area contributed by atoms with Gasteiger partial charge in [0.25, 0.3) is 0 Å². The number of carbonyl (C=O) groups excluding carboxylic acids is 1. The summed E-state index contributed by atoms with van der Waals surface area (Å²) in [5, 5.41) is 10.6. The van der Waals surface area contributed by atoms with E-state index in [9.17, 15) is 4.79 Å². The molecule has 1 aromatic heterocycles. The minimum atomic E-state index is -0.0986. The lowest BCUT2D eigenvalue weighted by atomic mass is 10.1. The molecule has 0 spiro atoms. The third-order valence-electron chi connectivity index (χ3n) is 3.75. The van der Waals surface area contributed by atoms with Crippen LogP contribution in [0.25, 0.3) is 0 Å². The van der Waals surface area contributed by atoms with Crippen molar-refractivity contribution in [2.75, 3.05) is 0 Å². The molecule has 1 amide bonds. The van der Waals surface area contributed by atoms with Gasteiger partial charge < -0.3 is 5.32 Å². The van der Waals surface area contributed by atoms with Gasteiger partial charge in [0.2, 0.25) is 5.91 Å². The number of benzene rings is 2. The van der Waals surface area contributed by atoms with Gasteiger partial charge in [-0.05, 0) is 30.2 Å². The Morgan fingerprint density at radius 2 is 1.96 bits per heavy atom. The Kier molecular flexibility index (Phi) is 5.46. The number of aromatic nitrogens is 3. The fourth-order valence-electron chi connectivity index (χ4n) is 2.52. The van der Waals surface area contributed by atoms with Gasteiger partial charge in [-0.3, -0.25) is 9.89 Å². The highest BCUT2D eigenvalue weighted by molar-refractivity contribution is 6.30. The summed E-state index contributed by atoms with van der Waals surface area (Å²) < 4.78 is 0. The first-order chi connectivity index (χ1) is 12.1. The number of nitrogens with zero attached hydrogens (tertiary/aromatic N) is 2. The molecule has 1 heterocycles. The maximum atomic E-state index is 12.1. The Morgan fingerprint density at radius 1 is 1.16 bits per heavy atom. The van der Waals surface area contributed by atoms with Crippen molar-refractivity contribution in [3.8, 4) is 0 Å². The van der Waals surface area contributed by atoms with Crippen molar-refractivity contribution < 1.29 is 4.79 Å². The summed E-state index contributed by atoms with van der Waals surface area (Å²) in [5.74, 6) is 1.12.